The van der Waals surface area contributed by atoms with Crippen molar-refractivity contribution in [2.24, 2.45) is 5.92 Å². The van der Waals surface area contributed by atoms with Gasteiger partial charge in [0.1, 0.15) is 11.8 Å². The minimum Gasteiger partial charge on any atom is -0.444 e. The molecule has 94 valence electrons. The van der Waals surface area contributed by atoms with Crippen molar-refractivity contribution in [1.29, 1.82) is 0 Å². The third-order valence-electron chi connectivity index (χ3n) is 2.56. The van der Waals surface area contributed by atoms with Gasteiger partial charge in [0, 0.05) is 19.0 Å². The Labute approximate surface area is 95.4 Å². The summed E-state index contributed by atoms with van der Waals surface area (Å²) in [6.07, 6.45) is -1.06. The van der Waals surface area contributed by atoms with E-state index in [2.05, 4.69) is 0 Å². The van der Waals surface area contributed by atoms with Gasteiger partial charge in [-0.25, -0.2) is 9.18 Å². The van der Waals surface area contributed by atoms with E-state index in [9.17, 15) is 9.18 Å². The van der Waals surface area contributed by atoms with E-state index in [1.165, 1.54) is 4.90 Å². The highest BCUT2D eigenvalue weighted by atomic mass is 19.1. The first-order valence-electron chi connectivity index (χ1n) is 5.56. The van der Waals surface area contributed by atoms with Crippen molar-refractivity contribution in [2.75, 3.05) is 19.7 Å². The molecule has 0 spiro atoms. The van der Waals surface area contributed by atoms with Gasteiger partial charge in [-0.3, -0.25) is 0 Å². The van der Waals surface area contributed by atoms with Gasteiger partial charge in [0.2, 0.25) is 0 Å². The van der Waals surface area contributed by atoms with E-state index < -0.39 is 24.5 Å². The van der Waals surface area contributed by atoms with Crippen molar-refractivity contribution in [3.8, 4) is 0 Å². The predicted octanol–water partition coefficient (Wildman–Crippen LogP) is 1.57. The Balaban J connectivity index is 2.44. The Bertz CT molecular complexity index is 252. The maximum Gasteiger partial charge on any atom is 0.410 e. The van der Waals surface area contributed by atoms with Crippen LogP contribution in [0.1, 0.15) is 27.2 Å². The first-order chi connectivity index (χ1) is 7.33. The number of ether oxygens (including phenoxy) is 1. The molecule has 1 amide bonds. The van der Waals surface area contributed by atoms with Gasteiger partial charge in [-0.05, 0) is 27.2 Å². The van der Waals surface area contributed by atoms with Crippen molar-refractivity contribution in [1.82, 2.24) is 4.90 Å². The van der Waals surface area contributed by atoms with Crippen LogP contribution in [0.2, 0.25) is 0 Å². The van der Waals surface area contributed by atoms with E-state index in [-0.39, 0.29) is 5.92 Å². The number of amides is 1. The molecule has 16 heavy (non-hydrogen) atoms. The molecule has 1 N–H and O–H groups in total. The molecule has 0 bridgehead atoms. The van der Waals surface area contributed by atoms with Crippen LogP contribution in [0.25, 0.3) is 0 Å². The Morgan fingerprint density at radius 3 is 2.75 bits per heavy atom. The van der Waals surface area contributed by atoms with E-state index in [1.807, 2.05) is 0 Å². The lowest BCUT2D eigenvalue weighted by Crippen LogP contribution is -2.36. The number of carbonyl (C=O) groups is 1. The lowest BCUT2D eigenvalue weighted by atomic mass is 10.0. The number of nitrogens with zero attached hydrogens (tertiary/aromatic N) is 1. The quantitative estimate of drug-likeness (QED) is 0.787. The topological polar surface area (TPSA) is 49.8 Å². The molecule has 5 heteroatoms. The summed E-state index contributed by atoms with van der Waals surface area (Å²) >= 11 is 0. The molecule has 4 nitrogen and oxygen atoms in total. The predicted molar refractivity (Wildman–Crippen MR) is 57.9 cm³/mol. The number of alkyl halides is 1. The molecule has 0 aromatic heterocycles. The molecule has 1 aliphatic heterocycles. The van der Waals surface area contributed by atoms with E-state index >= 15 is 0 Å². The zero-order valence-corrected chi connectivity index (χ0v) is 10.1. The van der Waals surface area contributed by atoms with Crippen molar-refractivity contribution in [3.63, 3.8) is 0 Å². The van der Waals surface area contributed by atoms with Gasteiger partial charge >= 0.3 is 6.09 Å². The molecule has 0 saturated carbocycles. The molecule has 0 aliphatic carbocycles. The second-order valence-corrected chi connectivity index (χ2v) is 5.17. The number of carbonyl (C=O) groups excluding carboxylic acids is 1. The Hall–Kier alpha value is -0.840. The number of hydrogen-bond donors (Lipinski definition) is 1. The zero-order chi connectivity index (χ0) is 12.3. The normalized spacial score (nSPS) is 23.3. The molecule has 1 heterocycles. The van der Waals surface area contributed by atoms with Crippen LogP contribution < -0.4 is 0 Å². The van der Waals surface area contributed by atoms with Crippen LogP contribution in [0.3, 0.4) is 0 Å². The summed E-state index contributed by atoms with van der Waals surface area (Å²) in [4.78, 5) is 13.1. The third-order valence-corrected chi connectivity index (χ3v) is 2.56. The maximum atomic E-state index is 13.2. The summed E-state index contributed by atoms with van der Waals surface area (Å²) in [5, 5.41) is 8.70. The van der Waals surface area contributed by atoms with Crippen molar-refractivity contribution in [3.05, 3.63) is 0 Å². The molecule has 0 radical (unpaired) electrons. The molecule has 0 aromatic carbocycles. The minimum atomic E-state index is -1.24. The van der Waals surface area contributed by atoms with E-state index in [4.69, 9.17) is 9.84 Å². The summed E-state index contributed by atoms with van der Waals surface area (Å²) in [6.45, 7) is 5.74. The summed E-state index contributed by atoms with van der Waals surface area (Å²) in [5.41, 5.74) is -0.527. The lowest BCUT2D eigenvalue weighted by molar-refractivity contribution is 0.0274. The minimum absolute atomic E-state index is 0.266. The number of hydrogen-bond acceptors (Lipinski definition) is 3. The van der Waals surface area contributed by atoms with Crippen LogP contribution in [0, 0.1) is 5.92 Å². The van der Waals surface area contributed by atoms with Crippen LogP contribution in [0.15, 0.2) is 0 Å². The highest BCUT2D eigenvalue weighted by Gasteiger charge is 2.33. The van der Waals surface area contributed by atoms with Gasteiger partial charge < -0.3 is 14.7 Å². The maximum absolute atomic E-state index is 13.2. The average molecular weight is 233 g/mol. The highest BCUT2D eigenvalue weighted by Crippen LogP contribution is 2.23. The van der Waals surface area contributed by atoms with Gasteiger partial charge in [-0.2, -0.15) is 0 Å². The number of rotatable bonds is 2. The first kappa shape index (κ1) is 13.2. The smallest absolute Gasteiger partial charge is 0.410 e. The van der Waals surface area contributed by atoms with Crippen LogP contribution in [-0.4, -0.2) is 47.6 Å². The van der Waals surface area contributed by atoms with Crippen LogP contribution in [-0.2, 0) is 4.74 Å². The number of halogens is 1. The van der Waals surface area contributed by atoms with E-state index in [0.29, 0.717) is 19.5 Å². The monoisotopic (exact) mass is 233 g/mol. The third kappa shape index (κ3) is 3.63. The molecule has 2 unspecified atom stereocenters. The molecule has 1 aliphatic rings. The largest absolute Gasteiger partial charge is 0.444 e. The summed E-state index contributed by atoms with van der Waals surface area (Å²) in [5.74, 6) is -0.266. The zero-order valence-electron chi connectivity index (χ0n) is 10.1. The SMILES string of the molecule is CC(C)(C)OC(=O)N1CCC(C(F)CO)C1. The van der Waals surface area contributed by atoms with Gasteiger partial charge in [-0.1, -0.05) is 0 Å². The van der Waals surface area contributed by atoms with Crippen LogP contribution in [0.5, 0.6) is 0 Å². The molecular formula is C11H20FNO3. The number of aliphatic hydroxyl groups is 1. The van der Waals surface area contributed by atoms with Gasteiger partial charge in [0.25, 0.3) is 0 Å². The summed E-state index contributed by atoms with van der Waals surface area (Å²) in [7, 11) is 0. The average Bonchev–Trinajstić information content (AvgIpc) is 2.62. The second kappa shape index (κ2) is 4.99. The fourth-order valence-electron chi connectivity index (χ4n) is 1.72. The molecule has 1 saturated heterocycles. The Morgan fingerprint density at radius 1 is 1.62 bits per heavy atom. The van der Waals surface area contributed by atoms with Gasteiger partial charge in [0.05, 0.1) is 6.61 Å². The van der Waals surface area contributed by atoms with Crippen LogP contribution >= 0.6 is 0 Å². The summed E-state index contributed by atoms with van der Waals surface area (Å²) in [6, 6.07) is 0. The fraction of sp³-hybridized carbons (Fsp3) is 0.909. The molecule has 0 aromatic rings. The van der Waals surface area contributed by atoms with Crippen molar-refractivity contribution >= 4 is 6.09 Å². The molecule has 1 rings (SSSR count). The van der Waals surface area contributed by atoms with Crippen molar-refractivity contribution < 1.29 is 19.0 Å². The Kier molecular flexibility index (Phi) is 4.13. The van der Waals surface area contributed by atoms with E-state index in [0.717, 1.165) is 0 Å². The lowest BCUT2D eigenvalue weighted by Gasteiger charge is -2.24. The van der Waals surface area contributed by atoms with Crippen molar-refractivity contribution in [2.45, 2.75) is 39.0 Å². The standard InChI is InChI=1S/C11H20FNO3/c1-11(2,3)16-10(15)13-5-4-8(6-13)9(12)7-14/h8-9,14H,4-7H2,1-3H3. The molecule has 1 fully saturated rings. The number of likely N-dealkylation sites (tertiary alicyclic amines) is 1. The first-order valence-corrected chi connectivity index (χ1v) is 5.56. The van der Waals surface area contributed by atoms with Gasteiger partial charge in [0.15, 0.2) is 0 Å². The highest BCUT2D eigenvalue weighted by molar-refractivity contribution is 5.68. The Morgan fingerprint density at radius 2 is 2.25 bits per heavy atom. The summed E-state index contributed by atoms with van der Waals surface area (Å²) < 4.78 is 18.4. The van der Waals surface area contributed by atoms with E-state index in [1.54, 1.807) is 20.8 Å². The second-order valence-electron chi connectivity index (χ2n) is 5.17. The molecule has 2 atom stereocenters. The molecular weight excluding hydrogens is 213 g/mol. The van der Waals surface area contributed by atoms with Crippen LogP contribution in [0.4, 0.5) is 9.18 Å². The fourth-order valence-corrected chi connectivity index (χ4v) is 1.72. The number of aliphatic hydroxyl groups excluding tert-OH is 1. The van der Waals surface area contributed by atoms with Gasteiger partial charge in [-0.15, -0.1) is 0 Å².